The van der Waals surface area contributed by atoms with E-state index in [1.807, 2.05) is 18.2 Å². The van der Waals surface area contributed by atoms with Crippen LogP contribution in [0.25, 0.3) is 0 Å². The maximum Gasteiger partial charge on any atom is 0.267 e. The second-order valence-corrected chi connectivity index (χ2v) is 5.58. The predicted molar refractivity (Wildman–Crippen MR) is 85.1 cm³/mol. The van der Waals surface area contributed by atoms with Crippen molar-refractivity contribution in [3.63, 3.8) is 0 Å². The number of rotatable bonds is 5. The van der Waals surface area contributed by atoms with Crippen molar-refractivity contribution in [1.29, 1.82) is 0 Å². The minimum Gasteiger partial charge on any atom is -0.497 e. The zero-order chi connectivity index (χ0) is 15.5. The summed E-state index contributed by atoms with van der Waals surface area (Å²) in [5, 5.41) is 3.42. The van der Waals surface area contributed by atoms with E-state index in [2.05, 4.69) is 22.4 Å². The Morgan fingerprint density at radius 3 is 2.86 bits per heavy atom. The zero-order valence-corrected chi connectivity index (χ0v) is 12.5. The number of aromatic nitrogens is 1. The van der Waals surface area contributed by atoms with E-state index in [0.29, 0.717) is 12.0 Å². The van der Waals surface area contributed by atoms with Crippen LogP contribution in [0.1, 0.15) is 34.8 Å². The topological polar surface area (TPSA) is 77.2 Å². The van der Waals surface area contributed by atoms with E-state index in [1.165, 1.54) is 5.56 Å². The van der Waals surface area contributed by atoms with Crippen LogP contribution in [-0.4, -0.2) is 24.0 Å². The van der Waals surface area contributed by atoms with Crippen molar-refractivity contribution in [1.82, 2.24) is 4.98 Å². The molecule has 5 nitrogen and oxygen atoms in total. The van der Waals surface area contributed by atoms with Crippen LogP contribution in [-0.2, 0) is 0 Å². The fourth-order valence-corrected chi connectivity index (χ4v) is 2.79. The van der Waals surface area contributed by atoms with Gasteiger partial charge in [0.1, 0.15) is 11.4 Å². The number of anilines is 1. The number of hydrogen-bond acceptors (Lipinski definition) is 4. The van der Waals surface area contributed by atoms with Crippen LogP contribution in [0.4, 0.5) is 5.69 Å². The van der Waals surface area contributed by atoms with Gasteiger partial charge in [-0.1, -0.05) is 12.1 Å². The summed E-state index contributed by atoms with van der Waals surface area (Å²) in [5.74, 6) is 0.936. The first kappa shape index (κ1) is 14.4. The van der Waals surface area contributed by atoms with Crippen molar-refractivity contribution in [2.45, 2.75) is 24.8 Å². The molecule has 1 amide bonds. The van der Waals surface area contributed by atoms with E-state index < -0.39 is 5.91 Å². The molecule has 1 aromatic carbocycles. The van der Waals surface area contributed by atoms with Gasteiger partial charge in [0.15, 0.2) is 0 Å². The van der Waals surface area contributed by atoms with Crippen LogP contribution in [0.3, 0.4) is 0 Å². The molecule has 0 bridgehead atoms. The third kappa shape index (κ3) is 3.03. The Hall–Kier alpha value is -2.56. The normalized spacial score (nSPS) is 20.0. The minimum atomic E-state index is -0.508. The SMILES string of the molecule is COc1cccc(C2CC(Nc3ccnc(C(N)=O)c3)C2)c1. The molecule has 0 atom stereocenters. The summed E-state index contributed by atoms with van der Waals surface area (Å²) >= 11 is 0. The number of primary amides is 1. The summed E-state index contributed by atoms with van der Waals surface area (Å²) < 4.78 is 5.27. The molecule has 3 rings (SSSR count). The van der Waals surface area contributed by atoms with Crippen LogP contribution < -0.4 is 15.8 Å². The number of methoxy groups -OCH3 is 1. The van der Waals surface area contributed by atoms with Gasteiger partial charge in [0.2, 0.25) is 0 Å². The molecule has 0 radical (unpaired) electrons. The number of amides is 1. The number of benzene rings is 1. The summed E-state index contributed by atoms with van der Waals surface area (Å²) in [6, 6.07) is 12.2. The highest BCUT2D eigenvalue weighted by molar-refractivity contribution is 5.91. The largest absolute Gasteiger partial charge is 0.497 e. The minimum absolute atomic E-state index is 0.286. The molecular formula is C17H19N3O2. The first-order valence-corrected chi connectivity index (χ1v) is 7.32. The maximum atomic E-state index is 11.1. The standard InChI is InChI=1S/C17H19N3O2/c1-22-15-4-2-3-11(9-15)12-7-14(8-12)20-13-5-6-19-16(10-13)17(18)21/h2-6,9-10,12,14H,7-8H2,1H3,(H2,18,21)(H,19,20). The lowest BCUT2D eigenvalue weighted by Gasteiger charge is -2.37. The van der Waals surface area contributed by atoms with Crippen LogP contribution in [0.15, 0.2) is 42.6 Å². The highest BCUT2D eigenvalue weighted by atomic mass is 16.5. The van der Waals surface area contributed by atoms with Gasteiger partial charge >= 0.3 is 0 Å². The second-order valence-electron chi connectivity index (χ2n) is 5.58. The number of hydrogen-bond donors (Lipinski definition) is 2. The number of nitrogens with one attached hydrogen (secondary N) is 1. The Bertz CT molecular complexity index is 681. The summed E-state index contributed by atoms with van der Waals surface area (Å²) in [6.07, 6.45) is 3.71. The molecular weight excluding hydrogens is 278 g/mol. The average Bonchev–Trinajstić information content (AvgIpc) is 2.50. The molecule has 1 aliphatic carbocycles. The van der Waals surface area contributed by atoms with Crippen molar-refractivity contribution in [2.75, 3.05) is 12.4 Å². The molecule has 0 aliphatic heterocycles. The van der Waals surface area contributed by atoms with Crippen molar-refractivity contribution in [2.24, 2.45) is 5.73 Å². The molecule has 0 saturated heterocycles. The Kier molecular flexibility index (Phi) is 3.96. The lowest BCUT2D eigenvalue weighted by atomic mass is 9.76. The van der Waals surface area contributed by atoms with Crippen molar-refractivity contribution < 1.29 is 9.53 Å². The lowest BCUT2D eigenvalue weighted by Crippen LogP contribution is -2.34. The summed E-state index contributed by atoms with van der Waals surface area (Å²) in [7, 11) is 1.68. The monoisotopic (exact) mass is 297 g/mol. The van der Waals surface area contributed by atoms with E-state index in [-0.39, 0.29) is 5.69 Å². The Morgan fingerprint density at radius 2 is 2.14 bits per heavy atom. The summed E-state index contributed by atoms with van der Waals surface area (Å²) in [4.78, 5) is 15.1. The van der Waals surface area contributed by atoms with Gasteiger partial charge in [-0.2, -0.15) is 0 Å². The number of nitrogens with two attached hydrogens (primary N) is 1. The summed E-state index contributed by atoms with van der Waals surface area (Å²) in [6.45, 7) is 0. The van der Waals surface area contributed by atoms with E-state index in [4.69, 9.17) is 10.5 Å². The fourth-order valence-electron chi connectivity index (χ4n) is 2.79. The van der Waals surface area contributed by atoms with Crippen molar-refractivity contribution in [3.05, 3.63) is 53.9 Å². The van der Waals surface area contributed by atoms with Crippen molar-refractivity contribution >= 4 is 11.6 Å². The number of ether oxygens (including phenoxy) is 1. The molecule has 5 heteroatoms. The maximum absolute atomic E-state index is 11.1. The van der Waals surface area contributed by atoms with Gasteiger partial charge in [-0.3, -0.25) is 9.78 Å². The van der Waals surface area contributed by atoms with Crippen LogP contribution in [0, 0.1) is 0 Å². The molecule has 1 heterocycles. The highest BCUT2D eigenvalue weighted by Crippen LogP contribution is 2.39. The van der Waals surface area contributed by atoms with Gasteiger partial charge < -0.3 is 15.8 Å². The third-order valence-electron chi connectivity index (χ3n) is 4.09. The molecule has 1 saturated carbocycles. The first-order chi connectivity index (χ1) is 10.7. The smallest absolute Gasteiger partial charge is 0.267 e. The number of carbonyl (C=O) groups is 1. The number of carbonyl (C=O) groups excluding carboxylic acids is 1. The second kappa shape index (κ2) is 6.05. The Morgan fingerprint density at radius 1 is 1.32 bits per heavy atom. The van der Waals surface area contributed by atoms with E-state index in [9.17, 15) is 4.79 Å². The van der Waals surface area contributed by atoms with Gasteiger partial charge in [-0.05, 0) is 48.6 Å². The van der Waals surface area contributed by atoms with Crippen LogP contribution in [0.5, 0.6) is 5.75 Å². The zero-order valence-electron chi connectivity index (χ0n) is 12.5. The van der Waals surface area contributed by atoms with Gasteiger partial charge in [0.25, 0.3) is 5.91 Å². The lowest BCUT2D eigenvalue weighted by molar-refractivity contribution is 0.0995. The van der Waals surface area contributed by atoms with E-state index >= 15 is 0 Å². The van der Waals surface area contributed by atoms with E-state index in [1.54, 1.807) is 19.4 Å². The number of pyridine rings is 1. The molecule has 1 aliphatic rings. The molecule has 22 heavy (non-hydrogen) atoms. The third-order valence-corrected chi connectivity index (χ3v) is 4.09. The van der Waals surface area contributed by atoms with Crippen LogP contribution in [0.2, 0.25) is 0 Å². The molecule has 1 aromatic heterocycles. The van der Waals surface area contributed by atoms with Gasteiger partial charge in [-0.25, -0.2) is 0 Å². The fraction of sp³-hybridized carbons (Fsp3) is 0.294. The first-order valence-electron chi connectivity index (χ1n) is 7.32. The van der Waals surface area contributed by atoms with Gasteiger partial charge in [0, 0.05) is 17.9 Å². The van der Waals surface area contributed by atoms with Gasteiger partial charge in [0.05, 0.1) is 7.11 Å². The molecule has 2 aromatic rings. The summed E-state index contributed by atoms with van der Waals surface area (Å²) in [5.41, 5.74) is 7.73. The average molecular weight is 297 g/mol. The molecule has 0 spiro atoms. The number of nitrogens with zero attached hydrogens (tertiary/aromatic N) is 1. The predicted octanol–water partition coefficient (Wildman–Crippen LogP) is 2.55. The van der Waals surface area contributed by atoms with Crippen LogP contribution >= 0.6 is 0 Å². The molecule has 1 fully saturated rings. The molecule has 114 valence electrons. The molecule has 3 N–H and O–H groups in total. The van der Waals surface area contributed by atoms with Gasteiger partial charge in [-0.15, -0.1) is 0 Å². The Labute approximate surface area is 129 Å². The van der Waals surface area contributed by atoms with Crippen molar-refractivity contribution in [3.8, 4) is 5.75 Å². The molecule has 0 unspecified atom stereocenters. The Balaban J connectivity index is 1.59. The van der Waals surface area contributed by atoms with E-state index in [0.717, 1.165) is 24.3 Å². The quantitative estimate of drug-likeness (QED) is 0.889. The highest BCUT2D eigenvalue weighted by Gasteiger charge is 2.30.